The lowest BCUT2D eigenvalue weighted by molar-refractivity contribution is 0.268. The van der Waals surface area contributed by atoms with Gasteiger partial charge in [-0.05, 0) is 55.5 Å². The Morgan fingerprint density at radius 1 is 0.926 bits per heavy atom. The van der Waals surface area contributed by atoms with Gasteiger partial charge in [0.15, 0.2) is 11.5 Å². The second-order valence-electron chi connectivity index (χ2n) is 7.50. The molecule has 0 atom stereocenters. The Morgan fingerprint density at radius 3 is 2.44 bits per heavy atom. The molecule has 1 N–H and O–H groups in total. The molecule has 3 nitrogen and oxygen atoms in total. The third kappa shape index (κ3) is 6.00. The molecule has 1 fully saturated rings. The summed E-state index contributed by atoms with van der Waals surface area (Å²) in [5.74, 6) is 1.66. The first-order valence-corrected chi connectivity index (χ1v) is 10.4. The van der Waals surface area contributed by atoms with E-state index in [1.165, 1.54) is 55.2 Å². The minimum Gasteiger partial charge on any atom is -0.490 e. The normalized spacial score (nSPS) is 15.3. The first kappa shape index (κ1) is 19.8. The molecule has 0 bridgehead atoms. The highest BCUT2D eigenvalue weighted by Gasteiger charge is 2.13. The summed E-state index contributed by atoms with van der Waals surface area (Å²) in [5, 5.41) is 3.74. The van der Waals surface area contributed by atoms with Crippen LogP contribution in [0, 0.1) is 6.92 Å². The van der Waals surface area contributed by atoms with Crippen molar-refractivity contribution in [3.8, 4) is 11.5 Å². The zero-order chi connectivity index (χ0) is 18.9. The van der Waals surface area contributed by atoms with Crippen molar-refractivity contribution in [2.24, 2.45) is 0 Å². The maximum absolute atomic E-state index is 6.08. The van der Waals surface area contributed by atoms with Crippen LogP contribution in [0.2, 0.25) is 0 Å². The van der Waals surface area contributed by atoms with Crippen LogP contribution in [0.5, 0.6) is 11.5 Å². The van der Waals surface area contributed by atoms with Gasteiger partial charge < -0.3 is 14.8 Å². The number of hydrogen-bond acceptors (Lipinski definition) is 3. The lowest BCUT2D eigenvalue weighted by Gasteiger charge is -2.18. The van der Waals surface area contributed by atoms with Crippen molar-refractivity contribution in [1.29, 1.82) is 0 Å². The van der Waals surface area contributed by atoms with Gasteiger partial charge in [-0.25, -0.2) is 0 Å². The fraction of sp³-hybridized carbons (Fsp3) is 0.500. The van der Waals surface area contributed by atoms with E-state index in [2.05, 4.69) is 48.6 Å². The van der Waals surface area contributed by atoms with E-state index in [4.69, 9.17) is 9.47 Å². The highest BCUT2D eigenvalue weighted by molar-refractivity contribution is 5.43. The number of hydrogen-bond donors (Lipinski definition) is 1. The van der Waals surface area contributed by atoms with Gasteiger partial charge in [-0.3, -0.25) is 0 Å². The molecule has 0 spiro atoms. The van der Waals surface area contributed by atoms with Gasteiger partial charge in [-0.2, -0.15) is 0 Å². The van der Waals surface area contributed by atoms with Crippen molar-refractivity contribution < 1.29 is 9.47 Å². The fourth-order valence-electron chi connectivity index (χ4n) is 3.72. The first-order valence-electron chi connectivity index (χ1n) is 10.4. The maximum atomic E-state index is 6.08. The molecule has 1 saturated carbocycles. The van der Waals surface area contributed by atoms with Crippen molar-refractivity contribution in [3.05, 3.63) is 59.2 Å². The second kappa shape index (κ2) is 10.4. The molecule has 3 rings (SSSR count). The Balaban J connectivity index is 1.62. The van der Waals surface area contributed by atoms with Crippen LogP contribution < -0.4 is 14.8 Å². The van der Waals surface area contributed by atoms with E-state index in [1.807, 2.05) is 13.0 Å². The minimum absolute atomic E-state index is 0.562. The van der Waals surface area contributed by atoms with Crippen LogP contribution in [0.15, 0.2) is 42.5 Å². The van der Waals surface area contributed by atoms with Crippen molar-refractivity contribution in [2.45, 2.75) is 71.6 Å². The number of nitrogens with one attached hydrogen (secondary N) is 1. The van der Waals surface area contributed by atoms with Crippen LogP contribution in [0.3, 0.4) is 0 Å². The summed E-state index contributed by atoms with van der Waals surface area (Å²) in [6, 6.07) is 15.3. The predicted octanol–water partition coefficient (Wildman–Crippen LogP) is 5.79. The van der Waals surface area contributed by atoms with E-state index in [1.54, 1.807) is 0 Å². The molecule has 0 heterocycles. The Bertz CT molecular complexity index is 705. The molecule has 0 saturated heterocycles. The second-order valence-corrected chi connectivity index (χ2v) is 7.50. The van der Waals surface area contributed by atoms with E-state index in [0.29, 0.717) is 19.3 Å². The standard InChI is InChI=1S/C24H33NO2/c1-3-26-24-16-20(17-25-22-12-6-4-5-7-13-22)14-15-23(24)27-18-21-11-9-8-10-19(21)2/h8-11,14-16,22,25H,3-7,12-13,17-18H2,1-2H3. The van der Waals surface area contributed by atoms with E-state index in [0.717, 1.165) is 18.0 Å². The Morgan fingerprint density at radius 2 is 1.70 bits per heavy atom. The van der Waals surface area contributed by atoms with Crippen LogP contribution in [0.1, 0.15) is 62.1 Å². The summed E-state index contributed by atoms with van der Waals surface area (Å²) in [4.78, 5) is 0. The average Bonchev–Trinajstić information content (AvgIpc) is 2.96. The molecule has 0 amide bonds. The number of rotatable bonds is 8. The molecule has 0 aromatic heterocycles. The molecule has 1 aliphatic rings. The topological polar surface area (TPSA) is 30.5 Å². The maximum Gasteiger partial charge on any atom is 0.161 e. The van der Waals surface area contributed by atoms with Gasteiger partial charge >= 0.3 is 0 Å². The highest BCUT2D eigenvalue weighted by Crippen LogP contribution is 2.30. The van der Waals surface area contributed by atoms with Crippen molar-refractivity contribution >= 4 is 0 Å². The van der Waals surface area contributed by atoms with Gasteiger partial charge in [0.2, 0.25) is 0 Å². The minimum atomic E-state index is 0.562. The number of ether oxygens (including phenoxy) is 2. The monoisotopic (exact) mass is 367 g/mol. The summed E-state index contributed by atoms with van der Waals surface area (Å²) in [7, 11) is 0. The highest BCUT2D eigenvalue weighted by atomic mass is 16.5. The number of aryl methyl sites for hydroxylation is 1. The zero-order valence-corrected chi connectivity index (χ0v) is 16.8. The smallest absolute Gasteiger partial charge is 0.161 e. The first-order chi connectivity index (χ1) is 13.3. The van der Waals surface area contributed by atoms with Gasteiger partial charge in [0.05, 0.1) is 6.61 Å². The molecule has 0 unspecified atom stereocenters. The molecule has 0 aliphatic heterocycles. The van der Waals surface area contributed by atoms with Crippen LogP contribution in [-0.2, 0) is 13.2 Å². The number of benzene rings is 2. The summed E-state index contributed by atoms with van der Waals surface area (Å²) in [6.45, 7) is 6.22. The molecule has 3 heteroatoms. The molecule has 2 aromatic rings. The molecular formula is C24H33NO2. The molecule has 27 heavy (non-hydrogen) atoms. The summed E-state index contributed by atoms with van der Waals surface area (Å²) in [5.41, 5.74) is 3.71. The van der Waals surface area contributed by atoms with Crippen LogP contribution in [-0.4, -0.2) is 12.6 Å². The van der Waals surface area contributed by atoms with Gasteiger partial charge in [0.25, 0.3) is 0 Å². The van der Waals surface area contributed by atoms with Crippen LogP contribution >= 0.6 is 0 Å². The van der Waals surface area contributed by atoms with Crippen LogP contribution in [0.25, 0.3) is 0 Å². The summed E-state index contributed by atoms with van der Waals surface area (Å²) >= 11 is 0. The third-order valence-corrected chi connectivity index (χ3v) is 5.40. The SMILES string of the molecule is CCOc1cc(CNC2CCCCCC2)ccc1OCc1ccccc1C. The lowest BCUT2D eigenvalue weighted by Crippen LogP contribution is -2.27. The van der Waals surface area contributed by atoms with E-state index in [9.17, 15) is 0 Å². The largest absolute Gasteiger partial charge is 0.490 e. The Kier molecular flexibility index (Phi) is 7.58. The van der Waals surface area contributed by atoms with E-state index >= 15 is 0 Å². The molecule has 0 radical (unpaired) electrons. The quantitative estimate of drug-likeness (QED) is 0.599. The Labute approximate surface area is 164 Å². The van der Waals surface area contributed by atoms with Crippen molar-refractivity contribution in [2.75, 3.05) is 6.61 Å². The molecule has 146 valence electrons. The summed E-state index contributed by atoms with van der Waals surface area (Å²) < 4.78 is 11.9. The van der Waals surface area contributed by atoms with Gasteiger partial charge in [0, 0.05) is 12.6 Å². The van der Waals surface area contributed by atoms with Crippen LogP contribution in [0.4, 0.5) is 0 Å². The third-order valence-electron chi connectivity index (χ3n) is 5.40. The molecular weight excluding hydrogens is 334 g/mol. The van der Waals surface area contributed by atoms with Crippen molar-refractivity contribution in [1.82, 2.24) is 5.32 Å². The molecule has 1 aliphatic carbocycles. The van der Waals surface area contributed by atoms with E-state index in [-0.39, 0.29) is 0 Å². The lowest BCUT2D eigenvalue weighted by atomic mass is 10.1. The fourth-order valence-corrected chi connectivity index (χ4v) is 3.72. The Hall–Kier alpha value is -2.00. The van der Waals surface area contributed by atoms with Gasteiger partial charge in [-0.15, -0.1) is 0 Å². The predicted molar refractivity (Wildman–Crippen MR) is 111 cm³/mol. The summed E-state index contributed by atoms with van der Waals surface area (Å²) in [6.07, 6.45) is 8.09. The average molecular weight is 368 g/mol. The molecule has 2 aromatic carbocycles. The van der Waals surface area contributed by atoms with Gasteiger partial charge in [0.1, 0.15) is 6.61 Å². The van der Waals surface area contributed by atoms with Crippen molar-refractivity contribution in [3.63, 3.8) is 0 Å². The van der Waals surface area contributed by atoms with Gasteiger partial charge in [-0.1, -0.05) is 56.0 Å². The zero-order valence-electron chi connectivity index (χ0n) is 16.8. The van der Waals surface area contributed by atoms with E-state index < -0.39 is 0 Å².